The number of hydrogen-bond acceptors (Lipinski definition) is 2. The van der Waals surface area contributed by atoms with E-state index in [1.54, 1.807) is 12.1 Å². The lowest BCUT2D eigenvalue weighted by Crippen LogP contribution is -2.47. The summed E-state index contributed by atoms with van der Waals surface area (Å²) in [7, 11) is 0. The maximum Gasteiger partial charge on any atom is 0.123 e. The molecule has 0 unspecified atom stereocenters. The first-order chi connectivity index (χ1) is 9.12. The van der Waals surface area contributed by atoms with Crippen LogP contribution in [0.5, 0.6) is 0 Å². The van der Waals surface area contributed by atoms with Crippen molar-refractivity contribution < 1.29 is 9.13 Å². The van der Waals surface area contributed by atoms with Crippen molar-refractivity contribution in [3.8, 4) is 0 Å². The van der Waals surface area contributed by atoms with Gasteiger partial charge in [0.25, 0.3) is 0 Å². The van der Waals surface area contributed by atoms with E-state index in [4.69, 9.17) is 4.74 Å². The van der Waals surface area contributed by atoms with Crippen molar-refractivity contribution in [2.45, 2.75) is 38.6 Å². The molecular formula is C16H24FNO. The Morgan fingerprint density at radius 3 is 2.42 bits per heavy atom. The Labute approximate surface area is 115 Å². The topological polar surface area (TPSA) is 21.3 Å². The number of nitrogens with one attached hydrogen (secondary N) is 1. The van der Waals surface area contributed by atoms with Crippen LogP contribution in [0, 0.1) is 11.7 Å². The van der Waals surface area contributed by atoms with Gasteiger partial charge in [0.15, 0.2) is 0 Å². The van der Waals surface area contributed by atoms with Gasteiger partial charge in [-0.2, -0.15) is 0 Å². The molecule has 1 heterocycles. The minimum atomic E-state index is -0.173. The predicted molar refractivity (Wildman–Crippen MR) is 75.6 cm³/mol. The second-order valence-corrected chi connectivity index (χ2v) is 5.81. The molecule has 1 N–H and O–H groups in total. The van der Waals surface area contributed by atoms with Crippen LogP contribution in [0.3, 0.4) is 0 Å². The minimum absolute atomic E-state index is 0.0408. The second kappa shape index (κ2) is 6.49. The van der Waals surface area contributed by atoms with Crippen LogP contribution >= 0.6 is 0 Å². The molecule has 1 aromatic rings. The van der Waals surface area contributed by atoms with Crippen LogP contribution in [0.2, 0.25) is 0 Å². The molecule has 2 rings (SSSR count). The molecule has 0 aliphatic carbocycles. The fourth-order valence-corrected chi connectivity index (χ4v) is 2.66. The highest BCUT2D eigenvalue weighted by molar-refractivity contribution is 5.25. The average Bonchev–Trinajstić information content (AvgIpc) is 2.40. The summed E-state index contributed by atoms with van der Waals surface area (Å²) in [6.45, 7) is 7.00. The van der Waals surface area contributed by atoms with Crippen molar-refractivity contribution in [1.29, 1.82) is 0 Å². The van der Waals surface area contributed by atoms with E-state index in [1.807, 2.05) is 12.1 Å². The van der Waals surface area contributed by atoms with Gasteiger partial charge in [0, 0.05) is 18.8 Å². The minimum Gasteiger partial charge on any atom is -0.381 e. The highest BCUT2D eigenvalue weighted by Gasteiger charge is 2.33. The molecule has 1 aliphatic heterocycles. The highest BCUT2D eigenvalue weighted by Crippen LogP contribution is 2.32. The van der Waals surface area contributed by atoms with Gasteiger partial charge in [-0.3, -0.25) is 0 Å². The molecule has 1 aromatic carbocycles. The van der Waals surface area contributed by atoms with E-state index in [-0.39, 0.29) is 11.4 Å². The number of benzene rings is 1. The van der Waals surface area contributed by atoms with Gasteiger partial charge < -0.3 is 10.1 Å². The first-order valence-corrected chi connectivity index (χ1v) is 7.21. The van der Waals surface area contributed by atoms with E-state index < -0.39 is 0 Å². The molecule has 19 heavy (non-hydrogen) atoms. The molecule has 0 atom stereocenters. The number of halogens is 1. The van der Waals surface area contributed by atoms with Gasteiger partial charge in [0.2, 0.25) is 0 Å². The fourth-order valence-electron chi connectivity index (χ4n) is 2.66. The van der Waals surface area contributed by atoms with Crippen LogP contribution in [0.15, 0.2) is 24.3 Å². The first kappa shape index (κ1) is 14.5. The van der Waals surface area contributed by atoms with E-state index >= 15 is 0 Å². The Morgan fingerprint density at radius 1 is 1.21 bits per heavy atom. The third-order valence-electron chi connectivity index (χ3n) is 3.93. The summed E-state index contributed by atoms with van der Waals surface area (Å²) in [4.78, 5) is 0. The van der Waals surface area contributed by atoms with Gasteiger partial charge in [-0.05, 0) is 49.4 Å². The van der Waals surface area contributed by atoms with Crippen molar-refractivity contribution in [1.82, 2.24) is 5.32 Å². The third kappa shape index (κ3) is 3.77. The van der Waals surface area contributed by atoms with Crippen LogP contribution < -0.4 is 5.32 Å². The zero-order valence-electron chi connectivity index (χ0n) is 11.9. The molecule has 106 valence electrons. The van der Waals surface area contributed by atoms with Crippen LogP contribution in [-0.2, 0) is 10.3 Å². The number of rotatable bonds is 5. The summed E-state index contributed by atoms with van der Waals surface area (Å²) in [5.74, 6) is 0.519. The maximum absolute atomic E-state index is 13.1. The van der Waals surface area contributed by atoms with Crippen molar-refractivity contribution >= 4 is 0 Å². The van der Waals surface area contributed by atoms with Crippen molar-refractivity contribution in [2.24, 2.45) is 5.92 Å². The van der Waals surface area contributed by atoms with Crippen LogP contribution in [0.1, 0.15) is 38.7 Å². The quantitative estimate of drug-likeness (QED) is 0.880. The van der Waals surface area contributed by atoms with E-state index in [1.165, 1.54) is 5.56 Å². The third-order valence-corrected chi connectivity index (χ3v) is 3.93. The molecule has 0 amide bonds. The Hall–Kier alpha value is -0.930. The lowest BCUT2D eigenvalue weighted by atomic mass is 9.82. The van der Waals surface area contributed by atoms with Crippen molar-refractivity contribution in [3.63, 3.8) is 0 Å². The van der Waals surface area contributed by atoms with Crippen molar-refractivity contribution in [2.75, 3.05) is 19.8 Å². The van der Waals surface area contributed by atoms with Crippen LogP contribution in [0.4, 0.5) is 4.39 Å². The molecular weight excluding hydrogens is 241 g/mol. The van der Waals surface area contributed by atoms with Gasteiger partial charge >= 0.3 is 0 Å². The molecule has 3 heteroatoms. The zero-order chi connectivity index (χ0) is 13.7. The normalized spacial score (nSPS) is 18.7. The molecule has 1 saturated heterocycles. The van der Waals surface area contributed by atoms with Crippen LogP contribution in [-0.4, -0.2) is 19.8 Å². The smallest absolute Gasteiger partial charge is 0.123 e. The molecule has 0 saturated carbocycles. The summed E-state index contributed by atoms with van der Waals surface area (Å²) in [5, 5.41) is 3.70. The fraction of sp³-hybridized carbons (Fsp3) is 0.625. The summed E-state index contributed by atoms with van der Waals surface area (Å²) >= 11 is 0. The Balaban J connectivity index is 2.11. The molecule has 0 radical (unpaired) electrons. The number of ether oxygens (including phenoxy) is 1. The Bertz CT molecular complexity index is 382. The molecule has 1 fully saturated rings. The Morgan fingerprint density at radius 2 is 1.84 bits per heavy atom. The molecule has 2 nitrogen and oxygen atoms in total. The zero-order valence-corrected chi connectivity index (χ0v) is 11.9. The van der Waals surface area contributed by atoms with E-state index in [0.29, 0.717) is 5.92 Å². The highest BCUT2D eigenvalue weighted by atomic mass is 19.1. The predicted octanol–water partition coefficient (Wildman–Crippen LogP) is 3.47. The van der Waals surface area contributed by atoms with Gasteiger partial charge in [-0.1, -0.05) is 26.0 Å². The lowest BCUT2D eigenvalue weighted by molar-refractivity contribution is 0.0362. The summed E-state index contributed by atoms with van der Waals surface area (Å²) in [6.07, 6.45) is 3.07. The largest absolute Gasteiger partial charge is 0.381 e. The van der Waals surface area contributed by atoms with Gasteiger partial charge in [0.1, 0.15) is 5.82 Å². The van der Waals surface area contributed by atoms with Gasteiger partial charge in [0.05, 0.1) is 0 Å². The number of hydrogen-bond donors (Lipinski definition) is 1. The molecule has 0 aromatic heterocycles. The van der Waals surface area contributed by atoms with E-state index in [2.05, 4.69) is 19.2 Å². The molecule has 0 bridgehead atoms. The summed E-state index contributed by atoms with van der Waals surface area (Å²) in [6, 6.07) is 6.92. The summed E-state index contributed by atoms with van der Waals surface area (Å²) in [5.41, 5.74) is 1.14. The van der Waals surface area contributed by atoms with Crippen LogP contribution in [0.25, 0.3) is 0 Å². The average molecular weight is 265 g/mol. The summed E-state index contributed by atoms with van der Waals surface area (Å²) < 4.78 is 18.6. The molecule has 1 aliphatic rings. The first-order valence-electron chi connectivity index (χ1n) is 7.21. The molecule has 0 spiro atoms. The maximum atomic E-state index is 13.1. The van der Waals surface area contributed by atoms with Gasteiger partial charge in [-0.15, -0.1) is 0 Å². The standard InChI is InChI=1S/C16H24FNO/c1-13(2)7-10-18-16(8-11-19-12-9-16)14-3-5-15(17)6-4-14/h3-6,13,18H,7-12H2,1-2H3. The SMILES string of the molecule is CC(C)CCNC1(c2ccc(F)cc2)CCOCC1. The van der Waals surface area contributed by atoms with Crippen molar-refractivity contribution in [3.05, 3.63) is 35.6 Å². The van der Waals surface area contributed by atoms with E-state index in [0.717, 1.165) is 39.0 Å². The van der Waals surface area contributed by atoms with Gasteiger partial charge in [-0.25, -0.2) is 4.39 Å². The van der Waals surface area contributed by atoms with E-state index in [9.17, 15) is 4.39 Å². The monoisotopic (exact) mass is 265 g/mol. The Kier molecular flexibility index (Phi) is 4.94. The second-order valence-electron chi connectivity index (χ2n) is 5.81. The lowest BCUT2D eigenvalue weighted by Gasteiger charge is -2.39.